The zero-order valence-electron chi connectivity index (χ0n) is 11.4. The Morgan fingerprint density at radius 3 is 2.65 bits per heavy atom. The van der Waals surface area contributed by atoms with Crippen LogP contribution in [0.1, 0.15) is 40.9 Å². The van der Waals surface area contributed by atoms with Crippen molar-refractivity contribution in [3.8, 4) is 5.75 Å². The second kappa shape index (κ2) is 5.00. The normalized spacial score (nSPS) is 17.4. The maximum absolute atomic E-state index is 12.2. The predicted molar refractivity (Wildman–Crippen MR) is 79.0 cm³/mol. The Hall–Kier alpha value is -2.29. The molecule has 0 spiro atoms. The molecule has 1 unspecified atom stereocenters. The second-order valence-corrected chi connectivity index (χ2v) is 5.08. The highest BCUT2D eigenvalue weighted by atomic mass is 16.5. The molecule has 2 aromatic carbocycles. The predicted octanol–water partition coefficient (Wildman–Crippen LogP) is 3.54. The Labute approximate surface area is 118 Å². The van der Waals surface area contributed by atoms with E-state index in [1.54, 1.807) is 18.2 Å². The molecule has 0 bridgehead atoms. The van der Waals surface area contributed by atoms with Crippen LogP contribution >= 0.6 is 0 Å². The molecule has 0 amide bonds. The first-order chi connectivity index (χ1) is 9.67. The van der Waals surface area contributed by atoms with Crippen molar-refractivity contribution in [1.82, 2.24) is 0 Å². The molecule has 3 rings (SSSR count). The molecule has 3 nitrogen and oxygen atoms in total. The smallest absolute Gasteiger partial charge is 0.170 e. The molecule has 0 aliphatic carbocycles. The van der Waals surface area contributed by atoms with Gasteiger partial charge in [-0.2, -0.15) is 0 Å². The summed E-state index contributed by atoms with van der Waals surface area (Å²) in [5.74, 6) is 0.696. The van der Waals surface area contributed by atoms with E-state index in [4.69, 9.17) is 10.5 Å². The average molecular weight is 267 g/mol. The molecule has 2 aromatic rings. The third-order valence-electron chi connectivity index (χ3n) is 3.71. The van der Waals surface area contributed by atoms with E-state index in [1.807, 2.05) is 12.1 Å². The first kappa shape index (κ1) is 12.7. The van der Waals surface area contributed by atoms with Crippen LogP contribution in [-0.2, 0) is 6.42 Å². The number of benzene rings is 2. The number of ether oxygens (including phenoxy) is 1. The zero-order valence-corrected chi connectivity index (χ0v) is 11.4. The highest BCUT2D eigenvalue weighted by Gasteiger charge is 2.27. The summed E-state index contributed by atoms with van der Waals surface area (Å²) in [5, 5.41) is 0. The van der Waals surface area contributed by atoms with E-state index in [2.05, 4.69) is 19.1 Å². The summed E-state index contributed by atoms with van der Waals surface area (Å²) in [6.07, 6.45) is 1.16. The third-order valence-corrected chi connectivity index (χ3v) is 3.71. The van der Waals surface area contributed by atoms with E-state index in [1.165, 1.54) is 5.56 Å². The molecule has 1 aliphatic rings. The van der Waals surface area contributed by atoms with Crippen molar-refractivity contribution in [1.29, 1.82) is 0 Å². The second-order valence-electron chi connectivity index (χ2n) is 5.08. The lowest BCUT2D eigenvalue weighted by Gasteiger charge is -2.25. The Morgan fingerprint density at radius 1 is 1.20 bits per heavy atom. The van der Waals surface area contributed by atoms with E-state index in [9.17, 15) is 4.79 Å². The number of hydrogen-bond donors (Lipinski definition) is 1. The molecular formula is C17H17NO2. The molecule has 0 aromatic heterocycles. The van der Waals surface area contributed by atoms with E-state index in [0.29, 0.717) is 23.4 Å². The van der Waals surface area contributed by atoms with Crippen molar-refractivity contribution in [2.75, 3.05) is 5.73 Å². The van der Waals surface area contributed by atoms with Gasteiger partial charge in [-0.05, 0) is 29.7 Å². The molecule has 3 heteroatoms. The Kier molecular flexibility index (Phi) is 3.18. The number of nitrogen functional groups attached to an aromatic ring is 1. The van der Waals surface area contributed by atoms with E-state index >= 15 is 0 Å². The van der Waals surface area contributed by atoms with E-state index in [-0.39, 0.29) is 11.9 Å². The molecule has 20 heavy (non-hydrogen) atoms. The largest absolute Gasteiger partial charge is 0.484 e. The van der Waals surface area contributed by atoms with Gasteiger partial charge >= 0.3 is 0 Å². The van der Waals surface area contributed by atoms with Gasteiger partial charge in [0.15, 0.2) is 5.78 Å². The van der Waals surface area contributed by atoms with Gasteiger partial charge in [-0.1, -0.05) is 31.2 Å². The summed E-state index contributed by atoms with van der Waals surface area (Å²) in [4.78, 5) is 12.2. The van der Waals surface area contributed by atoms with Crippen LogP contribution in [0.2, 0.25) is 0 Å². The minimum atomic E-state index is -0.220. The Bertz CT molecular complexity index is 647. The van der Waals surface area contributed by atoms with Gasteiger partial charge in [-0.3, -0.25) is 4.79 Å². The number of Topliss-reactive ketones (excluding diaryl/α,β-unsaturated/α-hetero) is 1. The summed E-state index contributed by atoms with van der Waals surface area (Å²) in [7, 11) is 0. The van der Waals surface area contributed by atoms with Crippen molar-refractivity contribution in [3.05, 3.63) is 59.2 Å². The number of carbonyl (C=O) groups excluding carboxylic acids is 1. The van der Waals surface area contributed by atoms with E-state index in [0.717, 1.165) is 12.0 Å². The van der Waals surface area contributed by atoms with Crippen molar-refractivity contribution < 1.29 is 9.53 Å². The van der Waals surface area contributed by atoms with Crippen LogP contribution in [-0.4, -0.2) is 5.78 Å². The number of rotatable bonds is 2. The standard InChI is InChI=1S/C17H17NO2/c1-2-11-3-5-12(6-4-11)16-10-15(19)14-8-7-13(18)9-17(14)20-16/h3-9,16H,2,10,18H2,1H3. The van der Waals surface area contributed by atoms with Gasteiger partial charge in [0, 0.05) is 11.8 Å². The van der Waals surface area contributed by atoms with Crippen LogP contribution in [0.3, 0.4) is 0 Å². The maximum atomic E-state index is 12.2. The van der Waals surface area contributed by atoms with Crippen molar-refractivity contribution in [3.63, 3.8) is 0 Å². The first-order valence-electron chi connectivity index (χ1n) is 6.85. The van der Waals surface area contributed by atoms with Crippen LogP contribution < -0.4 is 10.5 Å². The van der Waals surface area contributed by atoms with Crippen LogP contribution in [0.15, 0.2) is 42.5 Å². The minimum Gasteiger partial charge on any atom is -0.484 e. The molecule has 1 atom stereocenters. The molecule has 0 saturated heterocycles. The number of fused-ring (bicyclic) bond motifs is 1. The van der Waals surface area contributed by atoms with Crippen molar-refractivity contribution >= 4 is 11.5 Å². The lowest BCUT2D eigenvalue weighted by Crippen LogP contribution is -2.20. The molecule has 1 aliphatic heterocycles. The monoisotopic (exact) mass is 267 g/mol. The fourth-order valence-electron chi connectivity index (χ4n) is 2.49. The summed E-state index contributed by atoms with van der Waals surface area (Å²) >= 11 is 0. The zero-order chi connectivity index (χ0) is 14.1. The van der Waals surface area contributed by atoms with Gasteiger partial charge in [-0.15, -0.1) is 0 Å². The fourth-order valence-corrected chi connectivity index (χ4v) is 2.49. The lowest BCUT2D eigenvalue weighted by atomic mass is 9.95. The van der Waals surface area contributed by atoms with Gasteiger partial charge in [0.2, 0.25) is 0 Å². The lowest BCUT2D eigenvalue weighted by molar-refractivity contribution is 0.0850. The van der Waals surface area contributed by atoms with Gasteiger partial charge in [0.1, 0.15) is 11.9 Å². The van der Waals surface area contributed by atoms with Gasteiger partial charge in [-0.25, -0.2) is 0 Å². The molecule has 0 saturated carbocycles. The fraction of sp³-hybridized carbons (Fsp3) is 0.235. The molecule has 2 N–H and O–H groups in total. The van der Waals surface area contributed by atoms with Crippen molar-refractivity contribution in [2.45, 2.75) is 25.9 Å². The number of nitrogens with two attached hydrogens (primary N) is 1. The minimum absolute atomic E-state index is 0.107. The molecule has 102 valence electrons. The number of aryl methyl sites for hydroxylation is 1. The van der Waals surface area contributed by atoms with Crippen LogP contribution in [0.5, 0.6) is 5.75 Å². The number of anilines is 1. The quantitative estimate of drug-likeness (QED) is 0.847. The van der Waals surface area contributed by atoms with Crippen LogP contribution in [0.4, 0.5) is 5.69 Å². The summed E-state index contributed by atoms with van der Waals surface area (Å²) < 4.78 is 5.94. The van der Waals surface area contributed by atoms with Gasteiger partial charge in [0.05, 0.1) is 12.0 Å². The van der Waals surface area contributed by atoms with E-state index < -0.39 is 0 Å². The molecule has 0 fully saturated rings. The molecule has 1 heterocycles. The SMILES string of the molecule is CCc1ccc(C2CC(=O)c3ccc(N)cc3O2)cc1. The topological polar surface area (TPSA) is 52.3 Å². The molecular weight excluding hydrogens is 250 g/mol. The molecule has 0 radical (unpaired) electrons. The summed E-state index contributed by atoms with van der Waals surface area (Å²) in [6.45, 7) is 2.12. The van der Waals surface area contributed by atoms with Crippen molar-refractivity contribution in [2.24, 2.45) is 0 Å². The Balaban J connectivity index is 1.91. The first-order valence-corrected chi connectivity index (χ1v) is 6.85. The Morgan fingerprint density at radius 2 is 1.95 bits per heavy atom. The highest BCUT2D eigenvalue weighted by molar-refractivity contribution is 6.00. The highest BCUT2D eigenvalue weighted by Crippen LogP contribution is 2.35. The average Bonchev–Trinajstić information content (AvgIpc) is 2.46. The third kappa shape index (κ3) is 2.27. The van der Waals surface area contributed by atoms with Crippen LogP contribution in [0, 0.1) is 0 Å². The van der Waals surface area contributed by atoms with Crippen LogP contribution in [0.25, 0.3) is 0 Å². The number of carbonyl (C=O) groups is 1. The van der Waals surface area contributed by atoms with Gasteiger partial charge < -0.3 is 10.5 Å². The summed E-state index contributed by atoms with van der Waals surface area (Å²) in [5.41, 5.74) is 9.30. The summed E-state index contributed by atoms with van der Waals surface area (Å²) in [6, 6.07) is 13.4. The maximum Gasteiger partial charge on any atom is 0.170 e. The number of ketones is 1. The van der Waals surface area contributed by atoms with Gasteiger partial charge in [0.25, 0.3) is 0 Å². The number of hydrogen-bond acceptors (Lipinski definition) is 3.